The fourth-order valence-electron chi connectivity index (χ4n) is 2.88. The number of carbonyl (C=O) groups excluding carboxylic acids is 2. The highest BCUT2D eigenvalue weighted by molar-refractivity contribution is 7.80. The molecule has 0 unspecified atom stereocenters. The Balaban J connectivity index is 1.75. The largest absolute Gasteiger partial charge is 0.494 e. The maximum Gasteiger partial charge on any atom is 0.269 e. The molecule has 2 aromatic carbocycles. The van der Waals surface area contributed by atoms with Gasteiger partial charge in [0.1, 0.15) is 11.5 Å². The first-order chi connectivity index (χ1) is 16.0. The first kappa shape index (κ1) is 26.1. The predicted molar refractivity (Wildman–Crippen MR) is 134 cm³/mol. The Bertz CT molecular complexity index is 903. The van der Waals surface area contributed by atoms with Gasteiger partial charge in [0, 0.05) is 11.1 Å². The molecule has 8 heteroatoms. The molecule has 0 aromatic heterocycles. The second-order valence-electron chi connectivity index (χ2n) is 7.53. The van der Waals surface area contributed by atoms with Crippen LogP contribution in [0.2, 0.25) is 0 Å². The van der Waals surface area contributed by atoms with E-state index in [-0.39, 0.29) is 11.0 Å². The lowest BCUT2D eigenvalue weighted by Gasteiger charge is -2.12. The fraction of sp³-hybridized carbons (Fsp3) is 0.400. The maximum absolute atomic E-state index is 12.4. The first-order valence-corrected chi connectivity index (χ1v) is 11.8. The van der Waals surface area contributed by atoms with Crippen LogP contribution in [-0.4, -0.2) is 30.1 Å². The molecule has 0 spiro atoms. The lowest BCUT2D eigenvalue weighted by atomic mass is 10.2. The summed E-state index contributed by atoms with van der Waals surface area (Å²) in [5.74, 6) is 0.562. The third kappa shape index (κ3) is 9.91. The molecule has 178 valence electrons. The van der Waals surface area contributed by atoms with Gasteiger partial charge in [-0.15, -0.1) is 0 Å². The summed E-state index contributed by atoms with van der Waals surface area (Å²) >= 11 is 5.11. The molecule has 0 saturated heterocycles. The van der Waals surface area contributed by atoms with Crippen molar-refractivity contribution in [3.8, 4) is 11.5 Å². The SMILES string of the molecule is CCCCCCOc1ccc(C(=O)NNC(=S)NC(=O)c2cccc(OCCCC)c2)cc1. The summed E-state index contributed by atoms with van der Waals surface area (Å²) in [6.45, 7) is 5.51. The topological polar surface area (TPSA) is 88.7 Å². The van der Waals surface area contributed by atoms with Crippen LogP contribution in [0.1, 0.15) is 73.1 Å². The number of ether oxygens (including phenoxy) is 2. The Morgan fingerprint density at radius 2 is 1.45 bits per heavy atom. The van der Waals surface area contributed by atoms with Gasteiger partial charge in [0.05, 0.1) is 13.2 Å². The number of rotatable bonds is 12. The van der Waals surface area contributed by atoms with Crippen molar-refractivity contribution in [1.29, 1.82) is 0 Å². The lowest BCUT2D eigenvalue weighted by Crippen LogP contribution is -2.48. The highest BCUT2D eigenvalue weighted by Gasteiger charge is 2.11. The van der Waals surface area contributed by atoms with E-state index >= 15 is 0 Å². The number of benzene rings is 2. The summed E-state index contributed by atoms with van der Waals surface area (Å²) < 4.78 is 11.3. The number of hydrogen-bond acceptors (Lipinski definition) is 5. The number of nitrogens with one attached hydrogen (secondary N) is 3. The average Bonchev–Trinajstić information content (AvgIpc) is 2.83. The minimum atomic E-state index is -0.400. The van der Waals surface area contributed by atoms with Crippen LogP contribution in [0.4, 0.5) is 0 Å². The number of carbonyl (C=O) groups is 2. The van der Waals surface area contributed by atoms with Gasteiger partial charge < -0.3 is 9.47 Å². The molecule has 0 radical (unpaired) electrons. The second-order valence-corrected chi connectivity index (χ2v) is 7.93. The Labute approximate surface area is 201 Å². The van der Waals surface area contributed by atoms with Crippen molar-refractivity contribution in [3.05, 3.63) is 59.7 Å². The van der Waals surface area contributed by atoms with Crippen molar-refractivity contribution >= 4 is 29.1 Å². The van der Waals surface area contributed by atoms with E-state index in [1.54, 1.807) is 48.5 Å². The van der Waals surface area contributed by atoms with E-state index in [2.05, 4.69) is 30.0 Å². The van der Waals surface area contributed by atoms with Crippen LogP contribution in [0.3, 0.4) is 0 Å². The van der Waals surface area contributed by atoms with Gasteiger partial charge in [-0.05, 0) is 67.5 Å². The molecular weight excluding hydrogens is 438 g/mol. The first-order valence-electron chi connectivity index (χ1n) is 11.4. The van der Waals surface area contributed by atoms with Gasteiger partial charge in [-0.2, -0.15) is 0 Å². The molecule has 7 nitrogen and oxygen atoms in total. The summed E-state index contributed by atoms with van der Waals surface area (Å²) in [7, 11) is 0. The molecule has 0 bridgehead atoms. The normalized spacial score (nSPS) is 10.2. The van der Waals surface area contributed by atoms with E-state index in [0.717, 1.165) is 31.4 Å². The monoisotopic (exact) mass is 471 g/mol. The lowest BCUT2D eigenvalue weighted by molar-refractivity contribution is 0.0934. The molecule has 2 aromatic rings. The second kappa shape index (κ2) is 14.8. The van der Waals surface area contributed by atoms with Crippen LogP contribution in [0.5, 0.6) is 11.5 Å². The van der Waals surface area contributed by atoms with Crippen molar-refractivity contribution in [2.45, 2.75) is 52.4 Å². The van der Waals surface area contributed by atoms with Crippen LogP contribution >= 0.6 is 12.2 Å². The van der Waals surface area contributed by atoms with Gasteiger partial charge in [-0.25, -0.2) is 0 Å². The molecule has 0 aliphatic rings. The molecule has 33 heavy (non-hydrogen) atoms. The molecule has 3 N–H and O–H groups in total. The van der Waals surface area contributed by atoms with Crippen molar-refractivity contribution in [3.63, 3.8) is 0 Å². The highest BCUT2D eigenvalue weighted by Crippen LogP contribution is 2.14. The van der Waals surface area contributed by atoms with Gasteiger partial charge in [-0.1, -0.05) is 45.6 Å². The third-order valence-electron chi connectivity index (χ3n) is 4.76. The zero-order chi connectivity index (χ0) is 23.9. The van der Waals surface area contributed by atoms with Crippen LogP contribution < -0.4 is 25.6 Å². The van der Waals surface area contributed by atoms with Crippen molar-refractivity contribution < 1.29 is 19.1 Å². The van der Waals surface area contributed by atoms with Crippen molar-refractivity contribution in [2.75, 3.05) is 13.2 Å². The highest BCUT2D eigenvalue weighted by atomic mass is 32.1. The number of hydrogen-bond donors (Lipinski definition) is 3. The number of unbranched alkanes of at least 4 members (excludes halogenated alkanes) is 4. The van der Waals surface area contributed by atoms with Gasteiger partial charge in [-0.3, -0.25) is 25.8 Å². The van der Waals surface area contributed by atoms with Crippen LogP contribution in [0, 0.1) is 0 Å². The maximum atomic E-state index is 12.4. The van der Waals surface area contributed by atoms with Crippen LogP contribution in [0.15, 0.2) is 48.5 Å². The number of hydrazine groups is 1. The molecule has 0 heterocycles. The van der Waals surface area contributed by atoms with E-state index in [4.69, 9.17) is 21.7 Å². The third-order valence-corrected chi connectivity index (χ3v) is 4.97. The molecular formula is C25H33N3O4S. The Morgan fingerprint density at radius 3 is 2.18 bits per heavy atom. The van der Waals surface area contributed by atoms with Gasteiger partial charge in [0.15, 0.2) is 5.11 Å². The van der Waals surface area contributed by atoms with Gasteiger partial charge in [0.2, 0.25) is 0 Å². The van der Waals surface area contributed by atoms with E-state index in [9.17, 15) is 9.59 Å². The Kier molecular flexibility index (Phi) is 11.7. The average molecular weight is 472 g/mol. The summed E-state index contributed by atoms with van der Waals surface area (Å²) in [6.07, 6.45) is 6.53. The summed E-state index contributed by atoms with van der Waals surface area (Å²) in [5, 5.41) is 2.52. The molecule has 2 rings (SSSR count). The van der Waals surface area contributed by atoms with Gasteiger partial charge >= 0.3 is 0 Å². The minimum Gasteiger partial charge on any atom is -0.494 e. The van der Waals surface area contributed by atoms with Crippen molar-refractivity contribution in [2.24, 2.45) is 0 Å². The van der Waals surface area contributed by atoms with E-state index < -0.39 is 5.91 Å². The molecule has 0 fully saturated rings. The van der Waals surface area contributed by atoms with Gasteiger partial charge in [0.25, 0.3) is 11.8 Å². The predicted octanol–water partition coefficient (Wildman–Crippen LogP) is 4.77. The standard InChI is InChI=1S/C25H33N3O4S/c1-3-5-7-8-17-31-21-14-12-19(13-15-21)24(30)27-28-25(33)26-23(29)20-10-9-11-22(18-20)32-16-6-4-2/h9-15,18H,3-8,16-17H2,1-2H3,(H,27,30)(H2,26,28,29,33). The van der Waals surface area contributed by atoms with Crippen LogP contribution in [0.25, 0.3) is 0 Å². The molecule has 0 aliphatic heterocycles. The molecule has 2 amide bonds. The summed E-state index contributed by atoms with van der Waals surface area (Å²) in [5.41, 5.74) is 5.86. The summed E-state index contributed by atoms with van der Waals surface area (Å²) in [4.78, 5) is 24.7. The minimum absolute atomic E-state index is 0.0160. The quantitative estimate of drug-likeness (QED) is 0.235. The molecule has 0 saturated carbocycles. The molecule has 0 atom stereocenters. The van der Waals surface area contributed by atoms with E-state index in [0.29, 0.717) is 30.1 Å². The zero-order valence-corrected chi connectivity index (χ0v) is 20.1. The smallest absolute Gasteiger partial charge is 0.269 e. The summed E-state index contributed by atoms with van der Waals surface area (Å²) in [6, 6.07) is 13.7. The van der Waals surface area contributed by atoms with Crippen molar-refractivity contribution in [1.82, 2.24) is 16.2 Å². The number of thiocarbonyl (C=S) groups is 1. The van der Waals surface area contributed by atoms with Crippen LogP contribution in [-0.2, 0) is 0 Å². The molecule has 0 aliphatic carbocycles. The Hall–Kier alpha value is -3.13. The zero-order valence-electron chi connectivity index (χ0n) is 19.3. The Morgan fingerprint density at radius 1 is 0.758 bits per heavy atom. The fourth-order valence-corrected chi connectivity index (χ4v) is 3.02. The van der Waals surface area contributed by atoms with E-state index in [1.807, 2.05) is 0 Å². The number of amides is 2. The van der Waals surface area contributed by atoms with E-state index in [1.165, 1.54) is 12.8 Å².